The molecule has 1 rings (SSSR count). The quantitative estimate of drug-likeness (QED) is 0.733. The minimum Gasteiger partial charge on any atom is -0.314 e. The SMILES string of the molecule is CCCC(C)C(CNC(C)C)Cc1ccc(F)cc1. The number of hydrogen-bond acceptors (Lipinski definition) is 1. The van der Waals surface area contributed by atoms with Crippen LogP contribution in [0.3, 0.4) is 0 Å². The summed E-state index contributed by atoms with van der Waals surface area (Å²) < 4.78 is 12.9. The van der Waals surface area contributed by atoms with Crippen molar-refractivity contribution >= 4 is 0 Å². The predicted molar refractivity (Wildman–Crippen MR) is 80.8 cm³/mol. The molecule has 0 heterocycles. The summed E-state index contributed by atoms with van der Waals surface area (Å²) in [6, 6.07) is 7.47. The number of rotatable bonds is 8. The lowest BCUT2D eigenvalue weighted by Gasteiger charge is -2.25. The van der Waals surface area contributed by atoms with Crippen molar-refractivity contribution in [3.8, 4) is 0 Å². The van der Waals surface area contributed by atoms with Gasteiger partial charge in [-0.25, -0.2) is 4.39 Å². The smallest absolute Gasteiger partial charge is 0.123 e. The Kier molecular flexibility index (Phi) is 7.07. The highest BCUT2D eigenvalue weighted by Gasteiger charge is 2.17. The molecule has 1 aromatic rings. The van der Waals surface area contributed by atoms with E-state index in [9.17, 15) is 4.39 Å². The van der Waals surface area contributed by atoms with Crippen molar-refractivity contribution < 1.29 is 4.39 Å². The molecule has 2 atom stereocenters. The van der Waals surface area contributed by atoms with E-state index >= 15 is 0 Å². The largest absolute Gasteiger partial charge is 0.314 e. The van der Waals surface area contributed by atoms with Gasteiger partial charge in [-0.05, 0) is 42.5 Å². The van der Waals surface area contributed by atoms with Crippen LogP contribution in [0.25, 0.3) is 0 Å². The molecule has 2 unspecified atom stereocenters. The van der Waals surface area contributed by atoms with E-state index in [1.54, 1.807) is 12.1 Å². The van der Waals surface area contributed by atoms with E-state index in [-0.39, 0.29) is 5.82 Å². The fourth-order valence-corrected chi connectivity index (χ4v) is 2.48. The molecule has 0 bridgehead atoms. The average molecular weight is 265 g/mol. The molecule has 0 aromatic heterocycles. The summed E-state index contributed by atoms with van der Waals surface area (Å²) in [6.07, 6.45) is 3.51. The molecule has 1 N–H and O–H groups in total. The highest BCUT2D eigenvalue weighted by Crippen LogP contribution is 2.21. The van der Waals surface area contributed by atoms with Crippen LogP contribution in [0.4, 0.5) is 4.39 Å². The zero-order valence-corrected chi connectivity index (χ0v) is 12.7. The summed E-state index contributed by atoms with van der Waals surface area (Å²) in [6.45, 7) is 9.97. The molecular formula is C17H28FN. The molecule has 1 aromatic carbocycles. The molecule has 0 amide bonds. The Morgan fingerprint density at radius 3 is 2.26 bits per heavy atom. The van der Waals surface area contributed by atoms with E-state index in [1.807, 2.05) is 12.1 Å². The summed E-state index contributed by atoms with van der Waals surface area (Å²) in [5.41, 5.74) is 1.24. The molecular weight excluding hydrogens is 237 g/mol. The maximum absolute atomic E-state index is 12.9. The van der Waals surface area contributed by atoms with Gasteiger partial charge in [0.1, 0.15) is 5.82 Å². The van der Waals surface area contributed by atoms with Crippen molar-refractivity contribution in [2.24, 2.45) is 11.8 Å². The van der Waals surface area contributed by atoms with Crippen molar-refractivity contribution in [2.75, 3.05) is 6.54 Å². The van der Waals surface area contributed by atoms with Crippen molar-refractivity contribution in [1.82, 2.24) is 5.32 Å². The number of nitrogens with one attached hydrogen (secondary N) is 1. The molecule has 0 aliphatic rings. The standard InChI is InChI=1S/C17H28FN/c1-5-6-14(4)16(12-19-13(2)3)11-15-7-9-17(18)10-8-15/h7-10,13-14,16,19H,5-6,11-12H2,1-4H3. The molecule has 2 heteroatoms. The first-order chi connectivity index (χ1) is 9.02. The second-order valence-corrected chi connectivity index (χ2v) is 5.92. The topological polar surface area (TPSA) is 12.0 Å². The Labute approximate surface area is 117 Å². The molecule has 0 aliphatic heterocycles. The van der Waals surface area contributed by atoms with Gasteiger partial charge in [0, 0.05) is 6.04 Å². The van der Waals surface area contributed by atoms with Crippen molar-refractivity contribution in [3.05, 3.63) is 35.6 Å². The zero-order chi connectivity index (χ0) is 14.3. The van der Waals surface area contributed by atoms with Gasteiger partial charge in [0.2, 0.25) is 0 Å². The lowest BCUT2D eigenvalue weighted by Crippen LogP contribution is -2.33. The third kappa shape index (κ3) is 6.20. The summed E-state index contributed by atoms with van der Waals surface area (Å²) in [5.74, 6) is 1.16. The second-order valence-electron chi connectivity index (χ2n) is 5.92. The van der Waals surface area contributed by atoms with Gasteiger partial charge in [-0.1, -0.05) is 52.7 Å². The van der Waals surface area contributed by atoms with Crippen LogP contribution in [-0.4, -0.2) is 12.6 Å². The monoisotopic (exact) mass is 265 g/mol. The molecule has 19 heavy (non-hydrogen) atoms. The molecule has 0 saturated heterocycles. The molecule has 108 valence electrons. The van der Waals surface area contributed by atoms with E-state index in [4.69, 9.17) is 0 Å². The third-order valence-electron chi connectivity index (χ3n) is 3.75. The Hall–Kier alpha value is -0.890. The molecule has 0 spiro atoms. The first kappa shape index (κ1) is 16.2. The van der Waals surface area contributed by atoms with E-state index in [2.05, 4.69) is 33.0 Å². The summed E-state index contributed by atoms with van der Waals surface area (Å²) in [7, 11) is 0. The normalized spacial score (nSPS) is 14.6. The first-order valence-electron chi connectivity index (χ1n) is 7.50. The molecule has 0 aliphatic carbocycles. The fourth-order valence-electron chi connectivity index (χ4n) is 2.48. The van der Waals surface area contributed by atoms with Crippen molar-refractivity contribution in [3.63, 3.8) is 0 Å². The lowest BCUT2D eigenvalue weighted by atomic mass is 9.85. The van der Waals surface area contributed by atoms with Crippen LogP contribution < -0.4 is 5.32 Å². The predicted octanol–water partition coefficient (Wildman–Crippen LogP) is 4.42. The van der Waals surface area contributed by atoms with Crippen LogP contribution in [-0.2, 0) is 6.42 Å². The minimum atomic E-state index is -0.151. The van der Waals surface area contributed by atoms with Gasteiger partial charge in [0.25, 0.3) is 0 Å². The molecule has 0 radical (unpaired) electrons. The summed E-state index contributed by atoms with van der Waals surface area (Å²) in [5, 5.41) is 3.54. The molecule has 0 saturated carbocycles. The van der Waals surface area contributed by atoms with Gasteiger partial charge in [-0.15, -0.1) is 0 Å². The van der Waals surface area contributed by atoms with Gasteiger partial charge >= 0.3 is 0 Å². The lowest BCUT2D eigenvalue weighted by molar-refractivity contribution is 0.310. The Bertz CT molecular complexity index is 345. The fraction of sp³-hybridized carbons (Fsp3) is 0.647. The highest BCUT2D eigenvalue weighted by molar-refractivity contribution is 5.16. The third-order valence-corrected chi connectivity index (χ3v) is 3.75. The number of halogens is 1. The van der Waals surface area contributed by atoms with Crippen molar-refractivity contribution in [2.45, 2.75) is 53.0 Å². The average Bonchev–Trinajstić information content (AvgIpc) is 2.36. The highest BCUT2D eigenvalue weighted by atomic mass is 19.1. The number of hydrogen-bond donors (Lipinski definition) is 1. The zero-order valence-electron chi connectivity index (χ0n) is 12.7. The second kappa shape index (κ2) is 8.31. The minimum absolute atomic E-state index is 0.151. The Morgan fingerprint density at radius 1 is 1.11 bits per heavy atom. The van der Waals surface area contributed by atoms with Gasteiger partial charge in [0.05, 0.1) is 0 Å². The molecule has 0 fully saturated rings. The maximum Gasteiger partial charge on any atom is 0.123 e. The van der Waals surface area contributed by atoms with Crippen molar-refractivity contribution in [1.29, 1.82) is 0 Å². The Balaban J connectivity index is 2.64. The molecule has 1 nitrogen and oxygen atoms in total. The van der Waals surface area contributed by atoms with E-state index in [1.165, 1.54) is 18.4 Å². The summed E-state index contributed by atoms with van der Waals surface area (Å²) >= 11 is 0. The van der Waals surface area contributed by atoms with Crippen LogP contribution in [0, 0.1) is 17.7 Å². The van der Waals surface area contributed by atoms with Crippen LogP contribution in [0.5, 0.6) is 0 Å². The van der Waals surface area contributed by atoms with Gasteiger partial charge in [-0.3, -0.25) is 0 Å². The van der Waals surface area contributed by atoms with E-state index in [0.29, 0.717) is 17.9 Å². The van der Waals surface area contributed by atoms with Gasteiger partial charge < -0.3 is 5.32 Å². The summed E-state index contributed by atoms with van der Waals surface area (Å²) in [4.78, 5) is 0. The number of benzene rings is 1. The van der Waals surface area contributed by atoms with Crippen LogP contribution in [0.1, 0.15) is 46.1 Å². The first-order valence-corrected chi connectivity index (χ1v) is 7.50. The van der Waals surface area contributed by atoms with E-state index < -0.39 is 0 Å². The Morgan fingerprint density at radius 2 is 1.74 bits per heavy atom. The van der Waals surface area contributed by atoms with Crippen LogP contribution in [0.2, 0.25) is 0 Å². The van der Waals surface area contributed by atoms with Crippen LogP contribution >= 0.6 is 0 Å². The van der Waals surface area contributed by atoms with Gasteiger partial charge in [0.15, 0.2) is 0 Å². The van der Waals surface area contributed by atoms with E-state index in [0.717, 1.165) is 13.0 Å². The van der Waals surface area contributed by atoms with Gasteiger partial charge in [-0.2, -0.15) is 0 Å². The van der Waals surface area contributed by atoms with Crippen LogP contribution in [0.15, 0.2) is 24.3 Å². The maximum atomic E-state index is 12.9.